The van der Waals surface area contributed by atoms with Crippen molar-refractivity contribution in [3.8, 4) is 0 Å². The lowest BCUT2D eigenvalue weighted by molar-refractivity contribution is -0.136. The SMILES string of the molecule is Cc1ccccc1CN(C)C(=O)C1CCN(C(=O)c2ccoc2)CC1. The average Bonchev–Trinajstić information content (AvgIpc) is 3.17. The Morgan fingerprint density at radius 3 is 2.56 bits per heavy atom. The largest absolute Gasteiger partial charge is 0.472 e. The molecule has 1 aliphatic rings. The summed E-state index contributed by atoms with van der Waals surface area (Å²) >= 11 is 0. The molecule has 2 aromatic rings. The average molecular weight is 340 g/mol. The lowest BCUT2D eigenvalue weighted by Crippen LogP contribution is -2.43. The maximum absolute atomic E-state index is 12.7. The van der Waals surface area contributed by atoms with E-state index < -0.39 is 0 Å². The summed E-state index contributed by atoms with van der Waals surface area (Å²) in [5.41, 5.74) is 2.94. The van der Waals surface area contributed by atoms with Gasteiger partial charge in [-0.2, -0.15) is 0 Å². The van der Waals surface area contributed by atoms with Crippen LogP contribution in [0, 0.1) is 12.8 Å². The first kappa shape index (κ1) is 17.3. The zero-order valence-electron chi connectivity index (χ0n) is 14.8. The Morgan fingerprint density at radius 2 is 1.92 bits per heavy atom. The second kappa shape index (κ2) is 7.55. The Labute approximate surface area is 148 Å². The van der Waals surface area contributed by atoms with Gasteiger partial charge in [0.05, 0.1) is 11.8 Å². The summed E-state index contributed by atoms with van der Waals surface area (Å²) in [6.45, 7) is 3.91. The van der Waals surface area contributed by atoms with Gasteiger partial charge in [0.15, 0.2) is 0 Å². The summed E-state index contributed by atoms with van der Waals surface area (Å²) in [7, 11) is 1.86. The Hall–Kier alpha value is -2.56. The lowest BCUT2D eigenvalue weighted by atomic mass is 9.94. The third-order valence-electron chi connectivity index (χ3n) is 4.94. The summed E-state index contributed by atoms with van der Waals surface area (Å²) in [6, 6.07) is 9.81. The fourth-order valence-corrected chi connectivity index (χ4v) is 3.33. The molecule has 0 atom stereocenters. The molecule has 132 valence electrons. The maximum atomic E-state index is 12.7. The molecule has 2 heterocycles. The highest BCUT2D eigenvalue weighted by atomic mass is 16.3. The minimum Gasteiger partial charge on any atom is -0.472 e. The third kappa shape index (κ3) is 3.92. The van der Waals surface area contributed by atoms with Crippen LogP contribution >= 0.6 is 0 Å². The molecule has 1 aromatic carbocycles. The third-order valence-corrected chi connectivity index (χ3v) is 4.94. The molecule has 0 aliphatic carbocycles. The molecule has 1 fully saturated rings. The van der Waals surface area contributed by atoms with Crippen LogP contribution in [0.3, 0.4) is 0 Å². The van der Waals surface area contributed by atoms with E-state index in [0.29, 0.717) is 38.0 Å². The van der Waals surface area contributed by atoms with Crippen molar-refractivity contribution in [3.05, 3.63) is 59.5 Å². The molecule has 5 nitrogen and oxygen atoms in total. The molecule has 0 radical (unpaired) electrons. The van der Waals surface area contributed by atoms with Gasteiger partial charge in [0.1, 0.15) is 6.26 Å². The summed E-state index contributed by atoms with van der Waals surface area (Å²) in [6.07, 6.45) is 4.39. The molecule has 1 aliphatic heterocycles. The molecule has 0 unspecified atom stereocenters. The molecule has 0 N–H and O–H groups in total. The van der Waals surface area contributed by atoms with E-state index in [2.05, 4.69) is 19.1 Å². The first-order chi connectivity index (χ1) is 12.1. The number of hydrogen-bond donors (Lipinski definition) is 0. The first-order valence-electron chi connectivity index (χ1n) is 8.67. The molecule has 25 heavy (non-hydrogen) atoms. The summed E-state index contributed by atoms with van der Waals surface area (Å²) < 4.78 is 4.98. The van der Waals surface area contributed by atoms with Crippen LogP contribution in [0.2, 0.25) is 0 Å². The molecule has 1 saturated heterocycles. The van der Waals surface area contributed by atoms with Gasteiger partial charge in [-0.25, -0.2) is 0 Å². The Balaban J connectivity index is 1.54. The van der Waals surface area contributed by atoms with Crippen LogP contribution in [-0.4, -0.2) is 41.8 Å². The van der Waals surface area contributed by atoms with Gasteiger partial charge in [0.25, 0.3) is 5.91 Å². The minimum atomic E-state index is -0.0205. The van der Waals surface area contributed by atoms with Gasteiger partial charge in [-0.15, -0.1) is 0 Å². The number of rotatable bonds is 4. The van der Waals surface area contributed by atoms with Gasteiger partial charge in [-0.1, -0.05) is 24.3 Å². The van der Waals surface area contributed by atoms with Gasteiger partial charge in [0, 0.05) is 32.6 Å². The molecule has 0 spiro atoms. The highest BCUT2D eigenvalue weighted by molar-refractivity contribution is 5.94. The molecular weight excluding hydrogens is 316 g/mol. The van der Waals surface area contributed by atoms with E-state index in [-0.39, 0.29) is 17.7 Å². The lowest BCUT2D eigenvalue weighted by Gasteiger charge is -2.33. The first-order valence-corrected chi connectivity index (χ1v) is 8.67. The molecule has 0 saturated carbocycles. The number of hydrogen-bond acceptors (Lipinski definition) is 3. The van der Waals surface area contributed by atoms with Gasteiger partial charge in [0.2, 0.25) is 5.91 Å². The van der Waals surface area contributed by atoms with Crippen molar-refractivity contribution in [2.45, 2.75) is 26.3 Å². The van der Waals surface area contributed by atoms with Crippen molar-refractivity contribution in [3.63, 3.8) is 0 Å². The summed E-state index contributed by atoms with van der Waals surface area (Å²) in [4.78, 5) is 28.7. The second-order valence-corrected chi connectivity index (χ2v) is 6.70. The number of piperidine rings is 1. The van der Waals surface area contributed by atoms with Crippen LogP contribution in [0.25, 0.3) is 0 Å². The number of benzene rings is 1. The fraction of sp³-hybridized carbons (Fsp3) is 0.400. The number of carbonyl (C=O) groups excluding carboxylic acids is 2. The molecule has 0 bridgehead atoms. The summed E-state index contributed by atoms with van der Waals surface area (Å²) in [5.74, 6) is 0.133. The predicted molar refractivity (Wildman–Crippen MR) is 95.0 cm³/mol. The van der Waals surface area contributed by atoms with Crippen LogP contribution in [0.15, 0.2) is 47.3 Å². The Bertz CT molecular complexity index is 731. The van der Waals surface area contributed by atoms with Crippen molar-refractivity contribution < 1.29 is 14.0 Å². The van der Waals surface area contributed by atoms with Crippen LogP contribution in [-0.2, 0) is 11.3 Å². The molecule has 5 heteroatoms. The van der Waals surface area contributed by atoms with E-state index in [0.717, 1.165) is 0 Å². The maximum Gasteiger partial charge on any atom is 0.257 e. The number of aryl methyl sites for hydroxylation is 1. The number of likely N-dealkylation sites (tertiary alicyclic amines) is 1. The smallest absolute Gasteiger partial charge is 0.257 e. The molecule has 1 aromatic heterocycles. The van der Waals surface area contributed by atoms with Crippen LogP contribution in [0.5, 0.6) is 0 Å². The van der Waals surface area contributed by atoms with Crippen LogP contribution < -0.4 is 0 Å². The number of nitrogens with zero attached hydrogens (tertiary/aromatic N) is 2. The molecule has 3 rings (SSSR count). The minimum absolute atomic E-state index is 0.0116. The van der Waals surface area contributed by atoms with E-state index in [1.807, 2.05) is 19.2 Å². The van der Waals surface area contributed by atoms with Crippen molar-refractivity contribution in [1.82, 2.24) is 9.80 Å². The zero-order chi connectivity index (χ0) is 17.8. The highest BCUT2D eigenvalue weighted by Crippen LogP contribution is 2.22. The number of carbonyl (C=O) groups is 2. The van der Waals surface area contributed by atoms with Crippen LogP contribution in [0.4, 0.5) is 0 Å². The Morgan fingerprint density at radius 1 is 1.20 bits per heavy atom. The second-order valence-electron chi connectivity index (χ2n) is 6.70. The molecular formula is C20H24N2O3. The fourth-order valence-electron chi connectivity index (χ4n) is 3.33. The van der Waals surface area contributed by atoms with E-state index in [9.17, 15) is 9.59 Å². The number of furan rings is 1. The van der Waals surface area contributed by atoms with Gasteiger partial charge < -0.3 is 14.2 Å². The van der Waals surface area contributed by atoms with E-state index in [4.69, 9.17) is 4.42 Å². The van der Waals surface area contributed by atoms with Crippen molar-refractivity contribution in [2.24, 2.45) is 5.92 Å². The normalized spacial score (nSPS) is 15.2. The van der Waals surface area contributed by atoms with Gasteiger partial charge in [-0.05, 0) is 37.0 Å². The van der Waals surface area contributed by atoms with E-state index in [1.54, 1.807) is 15.9 Å². The zero-order valence-corrected chi connectivity index (χ0v) is 14.8. The van der Waals surface area contributed by atoms with E-state index >= 15 is 0 Å². The monoisotopic (exact) mass is 340 g/mol. The van der Waals surface area contributed by atoms with Crippen LogP contribution in [0.1, 0.15) is 34.3 Å². The van der Waals surface area contributed by atoms with Gasteiger partial charge in [-0.3, -0.25) is 9.59 Å². The summed E-state index contributed by atoms with van der Waals surface area (Å²) in [5, 5.41) is 0. The topological polar surface area (TPSA) is 53.8 Å². The standard InChI is InChI=1S/C20H24N2O3/c1-15-5-3-4-6-17(15)13-21(2)19(23)16-7-10-22(11-8-16)20(24)18-9-12-25-14-18/h3-6,9,12,14,16H,7-8,10-11,13H2,1-2H3. The van der Waals surface area contributed by atoms with Crippen molar-refractivity contribution >= 4 is 11.8 Å². The highest BCUT2D eigenvalue weighted by Gasteiger charge is 2.29. The quantitative estimate of drug-likeness (QED) is 0.859. The predicted octanol–water partition coefficient (Wildman–Crippen LogP) is 3.10. The number of amides is 2. The van der Waals surface area contributed by atoms with Gasteiger partial charge >= 0.3 is 0 Å². The molecule has 2 amide bonds. The van der Waals surface area contributed by atoms with E-state index in [1.165, 1.54) is 23.7 Å². The van der Waals surface area contributed by atoms with Crippen molar-refractivity contribution in [1.29, 1.82) is 0 Å². The van der Waals surface area contributed by atoms with Crippen molar-refractivity contribution in [2.75, 3.05) is 20.1 Å². The Kier molecular flexibility index (Phi) is 5.22.